The molecule has 0 bridgehead atoms. The number of hydrogen-bond donors (Lipinski definition) is 4. The summed E-state index contributed by atoms with van der Waals surface area (Å²) in [6.45, 7) is 1.62. The van der Waals surface area contributed by atoms with Crippen molar-refractivity contribution in [3.8, 4) is 0 Å². The van der Waals surface area contributed by atoms with Gasteiger partial charge in [-0.1, -0.05) is 0 Å². The molecule has 1 amide bonds. The molecule has 78 valence electrons. The van der Waals surface area contributed by atoms with Crippen LogP contribution in [0.1, 0.15) is 12.8 Å². The number of carbonyl (C=O) groups is 1. The molecule has 0 radical (unpaired) electrons. The van der Waals surface area contributed by atoms with Crippen LogP contribution < -0.4 is 10.6 Å². The molecule has 1 aliphatic rings. The molecule has 0 aromatic heterocycles. The largest absolute Gasteiger partial charge is 0.465 e. The molecule has 4 N–H and O–H groups in total. The number of carboxylic acid groups (broad SMARTS) is 1. The monoisotopic (exact) mass is 210 g/mol. The third-order valence-corrected chi connectivity index (χ3v) is 2.10. The molecule has 1 fully saturated rings. The summed E-state index contributed by atoms with van der Waals surface area (Å²) in [5.41, 5.74) is -0.844. The number of hydrogen-bond acceptors (Lipinski definition) is 3. The second kappa shape index (κ2) is 5.26. The Hall–Kier alpha value is -0.520. The third-order valence-electron chi connectivity index (χ3n) is 2.10. The summed E-state index contributed by atoms with van der Waals surface area (Å²) in [7, 11) is 0. The zero-order chi connectivity index (χ0) is 9.03. The van der Waals surface area contributed by atoms with Gasteiger partial charge in [-0.3, -0.25) is 0 Å². The molecule has 1 aliphatic heterocycles. The van der Waals surface area contributed by atoms with E-state index >= 15 is 0 Å². The number of halogens is 1. The van der Waals surface area contributed by atoms with Crippen LogP contribution in [0.25, 0.3) is 0 Å². The molecule has 0 unspecified atom stereocenters. The van der Waals surface area contributed by atoms with E-state index in [4.69, 9.17) is 5.11 Å². The molecule has 0 aliphatic carbocycles. The molecule has 0 atom stereocenters. The molecule has 5 nitrogen and oxygen atoms in total. The molecule has 0 aromatic rings. The minimum Gasteiger partial charge on any atom is -0.465 e. The Labute approximate surface area is 82.9 Å². The van der Waals surface area contributed by atoms with Crippen molar-refractivity contribution in [2.45, 2.75) is 18.4 Å². The number of aliphatic hydroxyl groups is 1. The van der Waals surface area contributed by atoms with Gasteiger partial charge >= 0.3 is 6.09 Å². The van der Waals surface area contributed by atoms with Gasteiger partial charge in [0.2, 0.25) is 0 Å². The van der Waals surface area contributed by atoms with Crippen LogP contribution in [0.2, 0.25) is 0 Å². The highest BCUT2D eigenvalue weighted by Gasteiger charge is 2.29. The van der Waals surface area contributed by atoms with Crippen molar-refractivity contribution in [1.29, 1.82) is 0 Å². The highest BCUT2D eigenvalue weighted by Crippen LogP contribution is 2.16. The highest BCUT2D eigenvalue weighted by atomic mass is 35.5. The average Bonchev–Trinajstić information content (AvgIpc) is 2.03. The Kier molecular flexibility index (Phi) is 5.05. The molecule has 0 spiro atoms. The van der Waals surface area contributed by atoms with E-state index in [9.17, 15) is 9.90 Å². The van der Waals surface area contributed by atoms with Crippen LogP contribution in [0.5, 0.6) is 0 Å². The van der Waals surface area contributed by atoms with Crippen molar-refractivity contribution in [3.05, 3.63) is 0 Å². The van der Waals surface area contributed by atoms with Crippen LogP contribution >= 0.6 is 12.4 Å². The first-order valence-electron chi connectivity index (χ1n) is 4.02. The second-order valence-electron chi connectivity index (χ2n) is 3.13. The van der Waals surface area contributed by atoms with E-state index in [1.54, 1.807) is 0 Å². The molecular weight excluding hydrogens is 196 g/mol. The van der Waals surface area contributed by atoms with Gasteiger partial charge < -0.3 is 20.8 Å². The van der Waals surface area contributed by atoms with Crippen LogP contribution in [-0.2, 0) is 0 Å². The van der Waals surface area contributed by atoms with Crippen molar-refractivity contribution in [2.75, 3.05) is 19.6 Å². The maximum Gasteiger partial charge on any atom is 0.404 e. The summed E-state index contributed by atoms with van der Waals surface area (Å²) >= 11 is 0. The summed E-state index contributed by atoms with van der Waals surface area (Å²) < 4.78 is 0. The molecule has 1 rings (SSSR count). The van der Waals surface area contributed by atoms with E-state index in [1.165, 1.54) is 0 Å². The summed E-state index contributed by atoms with van der Waals surface area (Å²) in [6, 6.07) is 0. The van der Waals surface area contributed by atoms with E-state index in [0.717, 1.165) is 13.1 Å². The van der Waals surface area contributed by atoms with Gasteiger partial charge in [0.15, 0.2) is 0 Å². The Morgan fingerprint density at radius 3 is 2.46 bits per heavy atom. The Morgan fingerprint density at radius 1 is 1.46 bits per heavy atom. The number of amides is 1. The zero-order valence-electron chi connectivity index (χ0n) is 7.25. The molecular formula is C7H15ClN2O3. The predicted octanol–water partition coefficient (Wildman–Crippen LogP) is -0.210. The number of nitrogens with one attached hydrogen (secondary N) is 2. The Morgan fingerprint density at radius 2 is 2.00 bits per heavy atom. The Bertz CT molecular complexity index is 171. The highest BCUT2D eigenvalue weighted by molar-refractivity contribution is 5.85. The fourth-order valence-electron chi connectivity index (χ4n) is 1.31. The fraction of sp³-hybridized carbons (Fsp3) is 0.857. The standard InChI is InChI=1S/C7H14N2O3.ClH/c10-6(11)9-5-7(12)1-3-8-4-2-7;/h8-9,12H,1-5H2,(H,10,11);1H. The van der Waals surface area contributed by atoms with Gasteiger partial charge in [0.05, 0.1) is 5.60 Å². The lowest BCUT2D eigenvalue weighted by Gasteiger charge is -2.32. The maximum absolute atomic E-state index is 10.1. The average molecular weight is 211 g/mol. The summed E-state index contributed by atoms with van der Waals surface area (Å²) in [4.78, 5) is 10.1. The second-order valence-corrected chi connectivity index (χ2v) is 3.13. The first kappa shape index (κ1) is 12.5. The van der Waals surface area contributed by atoms with Crippen molar-refractivity contribution in [3.63, 3.8) is 0 Å². The van der Waals surface area contributed by atoms with Gasteiger partial charge in [0.25, 0.3) is 0 Å². The quantitative estimate of drug-likeness (QED) is 0.509. The van der Waals surface area contributed by atoms with Gasteiger partial charge in [-0.05, 0) is 25.9 Å². The smallest absolute Gasteiger partial charge is 0.404 e. The predicted molar refractivity (Wildman–Crippen MR) is 50.3 cm³/mol. The lowest BCUT2D eigenvalue weighted by Crippen LogP contribution is -2.49. The minimum absolute atomic E-state index is 0. The summed E-state index contributed by atoms with van der Waals surface area (Å²) in [5.74, 6) is 0. The van der Waals surface area contributed by atoms with E-state index < -0.39 is 11.7 Å². The molecule has 13 heavy (non-hydrogen) atoms. The first-order chi connectivity index (χ1) is 5.62. The van der Waals surface area contributed by atoms with Gasteiger partial charge in [0, 0.05) is 6.54 Å². The van der Waals surface area contributed by atoms with E-state index in [1.807, 2.05) is 0 Å². The molecule has 1 heterocycles. The fourth-order valence-corrected chi connectivity index (χ4v) is 1.31. The number of piperidine rings is 1. The van der Waals surface area contributed by atoms with E-state index in [0.29, 0.717) is 12.8 Å². The SMILES string of the molecule is Cl.O=C(O)NCC1(O)CCNCC1. The molecule has 0 aromatic carbocycles. The maximum atomic E-state index is 10.1. The zero-order valence-corrected chi connectivity index (χ0v) is 8.06. The van der Waals surface area contributed by atoms with Crippen molar-refractivity contribution in [1.82, 2.24) is 10.6 Å². The van der Waals surface area contributed by atoms with Gasteiger partial charge in [-0.25, -0.2) is 4.79 Å². The van der Waals surface area contributed by atoms with Gasteiger partial charge in [0.1, 0.15) is 0 Å². The third kappa shape index (κ3) is 4.31. The first-order valence-corrected chi connectivity index (χ1v) is 4.02. The minimum atomic E-state index is -1.08. The van der Waals surface area contributed by atoms with Crippen LogP contribution in [-0.4, -0.2) is 41.5 Å². The van der Waals surface area contributed by atoms with Crippen LogP contribution in [0.3, 0.4) is 0 Å². The normalized spacial score (nSPS) is 20.1. The molecule has 6 heteroatoms. The number of rotatable bonds is 2. The lowest BCUT2D eigenvalue weighted by atomic mass is 9.92. The van der Waals surface area contributed by atoms with Crippen molar-refractivity contribution >= 4 is 18.5 Å². The van der Waals surface area contributed by atoms with Gasteiger partial charge in [-0.2, -0.15) is 0 Å². The lowest BCUT2D eigenvalue weighted by molar-refractivity contribution is 0.0118. The topological polar surface area (TPSA) is 81.6 Å². The summed E-state index contributed by atoms with van der Waals surface area (Å²) in [5, 5.41) is 23.4. The van der Waals surface area contributed by atoms with Crippen molar-refractivity contribution in [2.24, 2.45) is 0 Å². The van der Waals surface area contributed by atoms with Crippen molar-refractivity contribution < 1.29 is 15.0 Å². The summed E-state index contributed by atoms with van der Waals surface area (Å²) in [6.07, 6.45) is 0.127. The van der Waals surface area contributed by atoms with E-state index in [2.05, 4.69) is 10.6 Å². The van der Waals surface area contributed by atoms with Crippen LogP contribution in [0.15, 0.2) is 0 Å². The van der Waals surface area contributed by atoms with Crippen LogP contribution in [0.4, 0.5) is 4.79 Å². The molecule has 1 saturated heterocycles. The van der Waals surface area contributed by atoms with Crippen LogP contribution in [0, 0.1) is 0 Å². The van der Waals surface area contributed by atoms with Gasteiger partial charge in [-0.15, -0.1) is 12.4 Å². The van der Waals surface area contributed by atoms with E-state index in [-0.39, 0.29) is 19.0 Å². The Balaban J connectivity index is 0.00000144. The molecule has 0 saturated carbocycles.